The normalized spacial score (nSPS) is 23.4. The van der Waals surface area contributed by atoms with Gasteiger partial charge in [0.25, 0.3) is 0 Å². The maximum absolute atomic E-state index is 6.04. The minimum atomic E-state index is 0.351. The molecule has 1 aliphatic rings. The molecule has 2 atom stereocenters. The van der Waals surface area contributed by atoms with E-state index in [1.165, 1.54) is 17.5 Å². The third-order valence-electron chi connectivity index (χ3n) is 3.75. The highest BCUT2D eigenvalue weighted by atomic mass is 15.3. The number of benzene rings is 1. The Morgan fingerprint density at radius 3 is 2.76 bits per heavy atom. The first-order chi connectivity index (χ1) is 8.25. The lowest BCUT2D eigenvalue weighted by molar-refractivity contribution is 0.345. The Morgan fingerprint density at radius 1 is 1.35 bits per heavy atom. The fraction of sp³-hybridized carbons (Fsp3) is 0.357. The largest absolute Gasteiger partial charge is 0.327 e. The quantitative estimate of drug-likeness (QED) is 0.856. The molecular formula is C14H17N3. The van der Waals surface area contributed by atoms with Gasteiger partial charge < -0.3 is 5.73 Å². The van der Waals surface area contributed by atoms with E-state index in [2.05, 4.69) is 30.2 Å². The van der Waals surface area contributed by atoms with E-state index in [4.69, 9.17) is 5.73 Å². The average Bonchev–Trinajstić information content (AvgIpc) is 2.83. The molecule has 1 aromatic carbocycles. The predicted octanol–water partition coefficient (Wildman–Crippen LogP) is 2.39. The molecular weight excluding hydrogens is 210 g/mol. The Labute approximate surface area is 101 Å². The number of nitrogens with two attached hydrogens (primary N) is 1. The van der Waals surface area contributed by atoms with Gasteiger partial charge in [0.1, 0.15) is 0 Å². The summed E-state index contributed by atoms with van der Waals surface area (Å²) in [5.41, 5.74) is 9.87. The number of rotatable bonds is 2. The van der Waals surface area contributed by atoms with Gasteiger partial charge in [-0.3, -0.25) is 0 Å². The predicted molar refractivity (Wildman–Crippen MR) is 68.3 cm³/mol. The highest BCUT2D eigenvalue weighted by Crippen LogP contribution is 2.37. The Kier molecular flexibility index (Phi) is 2.48. The summed E-state index contributed by atoms with van der Waals surface area (Å²) in [6.45, 7) is 2.16. The minimum absolute atomic E-state index is 0.351. The number of hydrogen-bond donors (Lipinski definition) is 1. The Morgan fingerprint density at radius 2 is 2.24 bits per heavy atom. The summed E-state index contributed by atoms with van der Waals surface area (Å²) < 4.78 is 1.89. The van der Waals surface area contributed by atoms with Crippen LogP contribution >= 0.6 is 0 Å². The van der Waals surface area contributed by atoms with Crippen LogP contribution in [-0.2, 0) is 0 Å². The third kappa shape index (κ3) is 1.76. The van der Waals surface area contributed by atoms with Gasteiger partial charge in [0.15, 0.2) is 0 Å². The topological polar surface area (TPSA) is 43.8 Å². The molecule has 3 heteroatoms. The molecule has 88 valence electrons. The maximum atomic E-state index is 6.04. The smallest absolute Gasteiger partial charge is 0.0648 e. The lowest BCUT2D eigenvalue weighted by Crippen LogP contribution is -2.37. The SMILES string of the molecule is Cc1cc(-n2cccn2)ccc1C1CCC1N. The number of nitrogens with zero attached hydrogens (tertiary/aromatic N) is 2. The molecule has 1 aliphatic carbocycles. The second-order valence-electron chi connectivity index (χ2n) is 4.84. The van der Waals surface area contributed by atoms with Crippen molar-refractivity contribution in [1.29, 1.82) is 0 Å². The van der Waals surface area contributed by atoms with E-state index in [-0.39, 0.29) is 0 Å². The molecule has 1 fully saturated rings. The van der Waals surface area contributed by atoms with Gasteiger partial charge in [-0.25, -0.2) is 4.68 Å². The van der Waals surface area contributed by atoms with Gasteiger partial charge in [-0.05, 0) is 55.0 Å². The van der Waals surface area contributed by atoms with E-state index in [0.717, 1.165) is 12.1 Å². The molecule has 0 amide bonds. The van der Waals surface area contributed by atoms with E-state index < -0.39 is 0 Å². The zero-order valence-corrected chi connectivity index (χ0v) is 10.0. The van der Waals surface area contributed by atoms with Crippen molar-refractivity contribution in [3.8, 4) is 5.69 Å². The van der Waals surface area contributed by atoms with Crippen LogP contribution in [0.15, 0.2) is 36.7 Å². The summed E-state index contributed by atoms with van der Waals surface area (Å²) in [5.74, 6) is 0.557. The Hall–Kier alpha value is -1.61. The first kappa shape index (κ1) is 10.5. The number of aromatic nitrogens is 2. The van der Waals surface area contributed by atoms with Crippen molar-refractivity contribution in [3.05, 3.63) is 47.8 Å². The number of aryl methyl sites for hydroxylation is 1. The third-order valence-corrected chi connectivity index (χ3v) is 3.75. The zero-order chi connectivity index (χ0) is 11.8. The van der Waals surface area contributed by atoms with Crippen molar-refractivity contribution in [3.63, 3.8) is 0 Å². The van der Waals surface area contributed by atoms with Crippen LogP contribution < -0.4 is 5.73 Å². The molecule has 3 nitrogen and oxygen atoms in total. The summed E-state index contributed by atoms with van der Waals surface area (Å²) >= 11 is 0. The molecule has 0 bridgehead atoms. The van der Waals surface area contributed by atoms with Crippen molar-refractivity contribution in [2.24, 2.45) is 5.73 Å². The van der Waals surface area contributed by atoms with Crippen molar-refractivity contribution >= 4 is 0 Å². The Bertz CT molecular complexity index is 516. The van der Waals surface area contributed by atoms with Crippen LogP contribution in [0.25, 0.3) is 5.69 Å². The second-order valence-corrected chi connectivity index (χ2v) is 4.84. The number of hydrogen-bond acceptors (Lipinski definition) is 2. The summed E-state index contributed by atoms with van der Waals surface area (Å²) in [7, 11) is 0. The summed E-state index contributed by atoms with van der Waals surface area (Å²) in [5, 5.41) is 4.24. The first-order valence-electron chi connectivity index (χ1n) is 6.12. The monoisotopic (exact) mass is 227 g/mol. The van der Waals surface area contributed by atoms with Crippen LogP contribution in [-0.4, -0.2) is 15.8 Å². The van der Waals surface area contributed by atoms with Gasteiger partial charge in [0.2, 0.25) is 0 Å². The molecule has 2 aromatic rings. The van der Waals surface area contributed by atoms with Gasteiger partial charge >= 0.3 is 0 Å². The maximum Gasteiger partial charge on any atom is 0.0648 e. The average molecular weight is 227 g/mol. The van der Waals surface area contributed by atoms with Crippen molar-refractivity contribution in [2.75, 3.05) is 0 Å². The van der Waals surface area contributed by atoms with Crippen LogP contribution in [0.1, 0.15) is 29.9 Å². The molecule has 0 spiro atoms. The van der Waals surface area contributed by atoms with Gasteiger partial charge in [0.05, 0.1) is 5.69 Å². The molecule has 1 saturated carbocycles. The van der Waals surface area contributed by atoms with Gasteiger partial charge in [0, 0.05) is 18.4 Å². The van der Waals surface area contributed by atoms with Crippen molar-refractivity contribution < 1.29 is 0 Å². The van der Waals surface area contributed by atoms with Gasteiger partial charge in [-0.15, -0.1) is 0 Å². The molecule has 0 aliphatic heterocycles. The van der Waals surface area contributed by atoms with E-state index >= 15 is 0 Å². The van der Waals surface area contributed by atoms with E-state index in [9.17, 15) is 0 Å². The second kappa shape index (κ2) is 4.00. The molecule has 3 rings (SSSR count). The van der Waals surface area contributed by atoms with E-state index in [1.807, 2.05) is 16.9 Å². The Balaban J connectivity index is 1.94. The lowest BCUT2D eigenvalue weighted by Gasteiger charge is -2.35. The van der Waals surface area contributed by atoms with E-state index in [1.54, 1.807) is 6.20 Å². The van der Waals surface area contributed by atoms with Crippen LogP contribution in [0.3, 0.4) is 0 Å². The lowest BCUT2D eigenvalue weighted by atomic mass is 9.74. The van der Waals surface area contributed by atoms with Crippen molar-refractivity contribution in [2.45, 2.75) is 31.7 Å². The molecule has 2 unspecified atom stereocenters. The molecule has 2 N–H and O–H groups in total. The molecule has 0 radical (unpaired) electrons. The van der Waals surface area contributed by atoms with Gasteiger partial charge in [-0.1, -0.05) is 6.07 Å². The zero-order valence-electron chi connectivity index (χ0n) is 10.0. The molecule has 17 heavy (non-hydrogen) atoms. The summed E-state index contributed by atoms with van der Waals surface area (Å²) in [6, 6.07) is 8.80. The van der Waals surface area contributed by atoms with E-state index in [0.29, 0.717) is 12.0 Å². The van der Waals surface area contributed by atoms with Crippen LogP contribution in [0.4, 0.5) is 0 Å². The summed E-state index contributed by atoms with van der Waals surface area (Å²) in [4.78, 5) is 0. The molecule has 1 heterocycles. The van der Waals surface area contributed by atoms with Crippen LogP contribution in [0.2, 0.25) is 0 Å². The highest BCUT2D eigenvalue weighted by Gasteiger charge is 2.29. The fourth-order valence-electron chi connectivity index (χ4n) is 2.55. The minimum Gasteiger partial charge on any atom is -0.327 e. The summed E-state index contributed by atoms with van der Waals surface area (Å²) in [6.07, 6.45) is 6.14. The fourth-order valence-corrected chi connectivity index (χ4v) is 2.55. The standard InChI is InChI=1S/C14H17N3/c1-10-9-11(17-8-2-7-16-17)3-4-12(10)13-5-6-14(13)15/h2-4,7-9,13-14H,5-6,15H2,1H3. The van der Waals surface area contributed by atoms with Crippen LogP contribution in [0.5, 0.6) is 0 Å². The first-order valence-corrected chi connectivity index (χ1v) is 6.12. The molecule has 0 saturated heterocycles. The highest BCUT2D eigenvalue weighted by molar-refractivity contribution is 5.42. The molecule has 1 aromatic heterocycles. The van der Waals surface area contributed by atoms with Crippen LogP contribution in [0, 0.1) is 6.92 Å². The van der Waals surface area contributed by atoms with Crippen molar-refractivity contribution in [1.82, 2.24) is 9.78 Å². The van der Waals surface area contributed by atoms with Gasteiger partial charge in [-0.2, -0.15) is 5.10 Å².